The second kappa shape index (κ2) is 14.3. The summed E-state index contributed by atoms with van der Waals surface area (Å²) in [7, 11) is 0. The second-order valence-corrected chi connectivity index (χ2v) is 10.9. The van der Waals surface area contributed by atoms with Gasteiger partial charge < -0.3 is 25.6 Å². The number of ether oxygens (including phenoxy) is 1. The maximum Gasteiger partial charge on any atom is 0.289 e. The van der Waals surface area contributed by atoms with Crippen molar-refractivity contribution in [2.24, 2.45) is 5.92 Å². The summed E-state index contributed by atoms with van der Waals surface area (Å²) in [6.45, 7) is 0.684. The van der Waals surface area contributed by atoms with Gasteiger partial charge in [-0.25, -0.2) is 0 Å². The number of nitrogens with zero attached hydrogens (tertiary/aromatic N) is 1. The van der Waals surface area contributed by atoms with Crippen molar-refractivity contribution in [3.05, 3.63) is 64.1 Å². The average Bonchev–Trinajstić information content (AvgIpc) is 3.61. The third-order valence-electron chi connectivity index (χ3n) is 7.20. The van der Waals surface area contributed by atoms with Crippen LogP contribution in [-0.4, -0.2) is 72.6 Å². The molecular formula is C29H32Cl2N4O6. The molecule has 2 saturated heterocycles. The quantitative estimate of drug-likeness (QED) is 0.319. The van der Waals surface area contributed by atoms with Crippen LogP contribution in [0, 0.1) is 5.92 Å². The van der Waals surface area contributed by atoms with Crippen LogP contribution in [0.1, 0.15) is 31.2 Å². The van der Waals surface area contributed by atoms with Gasteiger partial charge >= 0.3 is 0 Å². The average molecular weight is 604 g/mol. The molecule has 2 heterocycles. The van der Waals surface area contributed by atoms with Crippen LogP contribution in [-0.2, 0) is 30.4 Å². The van der Waals surface area contributed by atoms with Crippen molar-refractivity contribution in [3.8, 4) is 5.75 Å². The summed E-state index contributed by atoms with van der Waals surface area (Å²) in [4.78, 5) is 65.9. The molecule has 0 radical (unpaired) electrons. The molecule has 0 spiro atoms. The number of hydrogen-bond donors (Lipinski definition) is 3. The minimum absolute atomic E-state index is 0.0125. The molecule has 0 aliphatic carbocycles. The lowest BCUT2D eigenvalue weighted by Gasteiger charge is -2.27. The fourth-order valence-corrected chi connectivity index (χ4v) is 5.48. The van der Waals surface area contributed by atoms with Crippen molar-refractivity contribution in [2.45, 2.75) is 44.2 Å². The highest BCUT2D eigenvalue weighted by Gasteiger charge is 2.39. The standard InChI is InChI=1S/C29H32Cl2N4O6/c30-20-8-9-24(21(31)16-20)41-17-25(36)35-14-4-7-23(35)28(39)34-22(15-19-11-13-32-27(19)38)26(37)29(40)33-12-10-18-5-2-1-3-6-18/h1-3,5-6,8-9,16,19,22-23H,4,7,10-15,17H2,(H,32,38)(H,33,40)(H,34,39)/t19-,22-,23-/m0/s1. The summed E-state index contributed by atoms with van der Waals surface area (Å²) in [6.07, 6.45) is 1.97. The van der Waals surface area contributed by atoms with Crippen molar-refractivity contribution in [2.75, 3.05) is 26.2 Å². The minimum atomic E-state index is -1.21. The van der Waals surface area contributed by atoms with Gasteiger partial charge in [0.15, 0.2) is 6.61 Å². The van der Waals surface area contributed by atoms with Crippen LogP contribution in [0.25, 0.3) is 0 Å². The Balaban J connectivity index is 1.38. The van der Waals surface area contributed by atoms with Crippen LogP contribution < -0.4 is 20.7 Å². The van der Waals surface area contributed by atoms with Gasteiger partial charge in [0, 0.05) is 30.6 Å². The zero-order valence-corrected chi connectivity index (χ0v) is 23.9. The highest BCUT2D eigenvalue weighted by atomic mass is 35.5. The number of hydrogen-bond acceptors (Lipinski definition) is 6. The van der Waals surface area contributed by atoms with Gasteiger partial charge in [-0.15, -0.1) is 0 Å². The molecule has 12 heteroatoms. The number of ketones is 1. The Morgan fingerprint density at radius 2 is 1.85 bits per heavy atom. The van der Waals surface area contributed by atoms with E-state index in [1.54, 1.807) is 12.1 Å². The van der Waals surface area contributed by atoms with Crippen molar-refractivity contribution in [1.29, 1.82) is 0 Å². The molecular weight excluding hydrogens is 571 g/mol. The molecule has 4 amide bonds. The molecule has 0 aromatic heterocycles. The smallest absolute Gasteiger partial charge is 0.289 e. The predicted molar refractivity (Wildman–Crippen MR) is 153 cm³/mol. The van der Waals surface area contributed by atoms with Crippen molar-refractivity contribution in [1.82, 2.24) is 20.9 Å². The normalized spacial score (nSPS) is 18.9. The molecule has 2 aliphatic rings. The van der Waals surface area contributed by atoms with E-state index in [1.165, 1.54) is 11.0 Å². The minimum Gasteiger partial charge on any atom is -0.482 e. The lowest BCUT2D eigenvalue weighted by atomic mass is 9.95. The monoisotopic (exact) mass is 602 g/mol. The van der Waals surface area contributed by atoms with Gasteiger partial charge in [-0.1, -0.05) is 53.5 Å². The third-order valence-corrected chi connectivity index (χ3v) is 7.73. The summed E-state index contributed by atoms with van der Waals surface area (Å²) in [5.41, 5.74) is 1.00. The van der Waals surface area contributed by atoms with Gasteiger partial charge in [0.25, 0.3) is 11.8 Å². The predicted octanol–water partition coefficient (Wildman–Crippen LogP) is 2.30. The second-order valence-electron chi connectivity index (χ2n) is 10.0. The highest BCUT2D eigenvalue weighted by molar-refractivity contribution is 6.38. The van der Waals surface area contributed by atoms with E-state index in [9.17, 15) is 24.0 Å². The number of likely N-dealkylation sites (tertiary alicyclic amines) is 1. The maximum absolute atomic E-state index is 13.4. The maximum atomic E-state index is 13.4. The number of nitrogens with one attached hydrogen (secondary N) is 3. The van der Waals surface area contributed by atoms with Crippen LogP contribution in [0.2, 0.25) is 10.0 Å². The Morgan fingerprint density at radius 1 is 1.07 bits per heavy atom. The van der Waals surface area contributed by atoms with Crippen molar-refractivity contribution in [3.63, 3.8) is 0 Å². The molecule has 2 aromatic rings. The molecule has 10 nitrogen and oxygen atoms in total. The Bertz CT molecular complexity index is 1290. The molecule has 2 aromatic carbocycles. The van der Waals surface area contributed by atoms with Gasteiger partial charge in [0.1, 0.15) is 11.8 Å². The Labute approximate surface area is 248 Å². The lowest BCUT2D eigenvalue weighted by molar-refractivity contribution is -0.143. The Kier molecular flexibility index (Phi) is 10.6. The number of amides is 4. The molecule has 218 valence electrons. The van der Waals surface area contributed by atoms with Crippen LogP contribution in [0.3, 0.4) is 0 Å². The molecule has 2 fully saturated rings. The van der Waals surface area contributed by atoms with Crippen LogP contribution in [0.15, 0.2) is 48.5 Å². The van der Waals surface area contributed by atoms with Gasteiger partial charge in [-0.2, -0.15) is 0 Å². The van der Waals surface area contributed by atoms with Gasteiger partial charge in [0.2, 0.25) is 17.6 Å². The molecule has 3 N–H and O–H groups in total. The number of Topliss-reactive ketones (excluding diaryl/α,β-unsaturated/α-hetero) is 1. The topological polar surface area (TPSA) is 134 Å². The first-order valence-corrected chi connectivity index (χ1v) is 14.3. The van der Waals surface area contributed by atoms with E-state index in [2.05, 4.69) is 16.0 Å². The molecule has 0 unspecified atom stereocenters. The van der Waals surface area contributed by atoms with E-state index in [0.29, 0.717) is 43.8 Å². The molecule has 41 heavy (non-hydrogen) atoms. The summed E-state index contributed by atoms with van der Waals surface area (Å²) in [5, 5.41) is 8.68. The highest BCUT2D eigenvalue weighted by Crippen LogP contribution is 2.28. The van der Waals surface area contributed by atoms with Crippen molar-refractivity contribution >= 4 is 52.6 Å². The van der Waals surface area contributed by atoms with E-state index in [1.807, 2.05) is 30.3 Å². The van der Waals surface area contributed by atoms with Crippen LogP contribution in [0.4, 0.5) is 0 Å². The molecule has 0 saturated carbocycles. The van der Waals surface area contributed by atoms with E-state index in [4.69, 9.17) is 27.9 Å². The number of rotatable bonds is 12. The van der Waals surface area contributed by atoms with Crippen LogP contribution >= 0.6 is 23.2 Å². The first-order chi connectivity index (χ1) is 19.7. The number of carbonyl (C=O) groups excluding carboxylic acids is 5. The largest absolute Gasteiger partial charge is 0.482 e. The summed E-state index contributed by atoms with van der Waals surface area (Å²) in [6, 6.07) is 12.1. The fourth-order valence-electron chi connectivity index (χ4n) is 5.02. The van der Waals surface area contributed by atoms with Crippen molar-refractivity contribution < 1.29 is 28.7 Å². The SMILES string of the molecule is O=C(NCCc1ccccc1)C(=O)[C@H](C[C@@H]1CCNC1=O)NC(=O)[C@@H]1CCCN1C(=O)COc1ccc(Cl)cc1Cl. The number of benzene rings is 2. The van der Waals surface area contributed by atoms with E-state index in [-0.39, 0.29) is 36.3 Å². The zero-order chi connectivity index (χ0) is 29.4. The van der Waals surface area contributed by atoms with Gasteiger partial charge in [0.05, 0.1) is 11.1 Å². The lowest BCUT2D eigenvalue weighted by Crippen LogP contribution is -2.54. The van der Waals surface area contributed by atoms with E-state index >= 15 is 0 Å². The fraction of sp³-hybridized carbons (Fsp3) is 0.414. The van der Waals surface area contributed by atoms with E-state index < -0.39 is 41.5 Å². The number of halogens is 2. The van der Waals surface area contributed by atoms with Crippen LogP contribution in [0.5, 0.6) is 5.75 Å². The molecule has 4 rings (SSSR count). The van der Waals surface area contributed by atoms with Gasteiger partial charge in [-0.05, 0) is 55.9 Å². The number of carbonyl (C=O) groups is 5. The summed E-state index contributed by atoms with van der Waals surface area (Å²) < 4.78 is 5.55. The summed E-state index contributed by atoms with van der Waals surface area (Å²) in [5.74, 6) is -3.11. The Hall–Kier alpha value is -3.63. The molecule has 3 atom stereocenters. The first kappa shape index (κ1) is 30.3. The summed E-state index contributed by atoms with van der Waals surface area (Å²) >= 11 is 12.0. The molecule has 2 aliphatic heterocycles. The Morgan fingerprint density at radius 3 is 2.56 bits per heavy atom. The van der Waals surface area contributed by atoms with Gasteiger partial charge in [-0.3, -0.25) is 24.0 Å². The zero-order valence-electron chi connectivity index (χ0n) is 22.4. The molecule has 0 bridgehead atoms. The third kappa shape index (κ3) is 8.20. The van der Waals surface area contributed by atoms with E-state index in [0.717, 1.165) is 5.56 Å². The first-order valence-electron chi connectivity index (χ1n) is 13.5.